The highest BCUT2D eigenvalue weighted by atomic mass is 16.5. The average molecular weight is 639 g/mol. The summed E-state index contributed by atoms with van der Waals surface area (Å²) in [4.78, 5) is 25.1. The number of carbonyl (C=O) groups excluding carboxylic acids is 2. The van der Waals surface area contributed by atoms with E-state index < -0.39 is 12.2 Å². The minimum absolute atomic E-state index is 0.00510. The van der Waals surface area contributed by atoms with Gasteiger partial charge < -0.3 is 23.7 Å². The molecule has 0 N–H and O–H groups in total. The molecule has 2 unspecified atom stereocenters. The minimum Gasteiger partial charge on any atom is -0.491 e. The third kappa shape index (κ3) is 10.9. The summed E-state index contributed by atoms with van der Waals surface area (Å²) >= 11 is 0. The van der Waals surface area contributed by atoms with Crippen LogP contribution in [-0.2, 0) is 14.2 Å². The SMILES string of the molecule is CCCOC(C)C(=O)c1ccc(-c2ccc(OCCOCCOc3ccc(-c4ccc(C(=O)C(C)OCCC)cc4)cc3)cc2)cc1. The summed E-state index contributed by atoms with van der Waals surface area (Å²) in [7, 11) is 0. The van der Waals surface area contributed by atoms with Crippen molar-refractivity contribution < 1.29 is 33.3 Å². The molecule has 0 saturated carbocycles. The van der Waals surface area contributed by atoms with E-state index in [1.807, 2.05) is 111 Å². The van der Waals surface area contributed by atoms with Gasteiger partial charge in [0.1, 0.15) is 36.9 Å². The molecule has 0 aliphatic heterocycles. The largest absolute Gasteiger partial charge is 0.491 e. The zero-order chi connectivity index (χ0) is 33.4. The Labute approximate surface area is 278 Å². The van der Waals surface area contributed by atoms with Gasteiger partial charge in [-0.3, -0.25) is 9.59 Å². The van der Waals surface area contributed by atoms with Gasteiger partial charge in [0, 0.05) is 24.3 Å². The molecule has 4 aromatic rings. The van der Waals surface area contributed by atoms with Crippen LogP contribution >= 0.6 is 0 Å². The van der Waals surface area contributed by atoms with Crippen LogP contribution in [-0.4, -0.2) is 63.4 Å². The van der Waals surface area contributed by atoms with Crippen molar-refractivity contribution in [3.05, 3.63) is 108 Å². The van der Waals surface area contributed by atoms with E-state index in [2.05, 4.69) is 0 Å². The molecule has 0 radical (unpaired) electrons. The average Bonchev–Trinajstić information content (AvgIpc) is 3.12. The second kappa shape index (κ2) is 18.7. The second-order valence-electron chi connectivity index (χ2n) is 11.3. The summed E-state index contributed by atoms with van der Waals surface area (Å²) < 4.78 is 28.4. The van der Waals surface area contributed by atoms with Gasteiger partial charge in [0.05, 0.1) is 13.2 Å². The quantitative estimate of drug-likeness (QED) is 0.0709. The highest BCUT2D eigenvalue weighted by Crippen LogP contribution is 2.25. The number of hydrogen-bond donors (Lipinski definition) is 0. The molecule has 0 aliphatic rings. The summed E-state index contributed by atoms with van der Waals surface area (Å²) in [6, 6.07) is 30.9. The molecular formula is C40H46O7. The fraction of sp³-hybridized carbons (Fsp3) is 0.350. The Morgan fingerprint density at radius 2 is 0.787 bits per heavy atom. The Bertz CT molecular complexity index is 1390. The predicted molar refractivity (Wildman–Crippen MR) is 186 cm³/mol. The van der Waals surface area contributed by atoms with Gasteiger partial charge >= 0.3 is 0 Å². The Hall–Kier alpha value is -4.30. The van der Waals surface area contributed by atoms with Crippen LogP contribution in [0.1, 0.15) is 61.3 Å². The van der Waals surface area contributed by atoms with E-state index in [1.54, 1.807) is 13.8 Å². The first-order valence-corrected chi connectivity index (χ1v) is 16.5. The third-order valence-electron chi connectivity index (χ3n) is 7.59. The van der Waals surface area contributed by atoms with Gasteiger partial charge in [-0.15, -0.1) is 0 Å². The van der Waals surface area contributed by atoms with Gasteiger partial charge in [-0.25, -0.2) is 0 Å². The molecule has 2 atom stereocenters. The van der Waals surface area contributed by atoms with E-state index in [-0.39, 0.29) is 11.6 Å². The van der Waals surface area contributed by atoms with E-state index in [0.29, 0.717) is 50.8 Å². The normalized spacial score (nSPS) is 12.3. The van der Waals surface area contributed by atoms with E-state index >= 15 is 0 Å². The maximum absolute atomic E-state index is 12.5. The topological polar surface area (TPSA) is 80.3 Å². The number of ketones is 2. The molecule has 7 nitrogen and oxygen atoms in total. The molecular weight excluding hydrogens is 592 g/mol. The lowest BCUT2D eigenvalue weighted by molar-refractivity contribution is 0.0477. The number of Topliss-reactive ketones (excluding diaryl/α,β-unsaturated/α-hetero) is 2. The molecule has 47 heavy (non-hydrogen) atoms. The zero-order valence-corrected chi connectivity index (χ0v) is 27.9. The van der Waals surface area contributed by atoms with E-state index in [9.17, 15) is 9.59 Å². The van der Waals surface area contributed by atoms with Crippen molar-refractivity contribution in [2.75, 3.05) is 39.6 Å². The third-order valence-corrected chi connectivity index (χ3v) is 7.59. The molecule has 4 rings (SSSR count). The van der Waals surface area contributed by atoms with Gasteiger partial charge in [0.15, 0.2) is 11.6 Å². The van der Waals surface area contributed by atoms with Crippen LogP contribution in [0.15, 0.2) is 97.1 Å². The Morgan fingerprint density at radius 3 is 1.11 bits per heavy atom. The van der Waals surface area contributed by atoms with Crippen molar-refractivity contribution in [1.82, 2.24) is 0 Å². The molecule has 0 spiro atoms. The standard InChI is InChI=1S/C40H46O7/c1-5-23-44-29(3)39(41)35-11-7-31(8-12-35)33-15-19-37(20-16-33)46-27-25-43-26-28-47-38-21-17-34(18-22-38)32-9-13-36(14-10-32)40(42)30(4)45-24-6-2/h7-22,29-30H,5-6,23-28H2,1-4H3. The lowest BCUT2D eigenvalue weighted by Gasteiger charge is -2.12. The lowest BCUT2D eigenvalue weighted by atomic mass is 10.0. The molecule has 0 bridgehead atoms. The first-order chi connectivity index (χ1) is 22.9. The molecule has 0 heterocycles. The Balaban J connectivity index is 1.12. The summed E-state index contributed by atoms with van der Waals surface area (Å²) in [6.07, 6.45) is 0.884. The Morgan fingerprint density at radius 1 is 0.468 bits per heavy atom. The molecule has 7 heteroatoms. The van der Waals surface area contributed by atoms with E-state index in [1.165, 1.54) is 0 Å². The van der Waals surface area contributed by atoms with Crippen molar-refractivity contribution >= 4 is 11.6 Å². The molecule has 0 fully saturated rings. The van der Waals surface area contributed by atoms with Gasteiger partial charge in [-0.05, 0) is 73.2 Å². The van der Waals surface area contributed by atoms with Crippen molar-refractivity contribution in [2.45, 2.75) is 52.7 Å². The summed E-state index contributed by atoms with van der Waals surface area (Å²) in [5, 5.41) is 0. The van der Waals surface area contributed by atoms with Crippen LogP contribution in [0.4, 0.5) is 0 Å². The van der Waals surface area contributed by atoms with Crippen molar-refractivity contribution in [2.24, 2.45) is 0 Å². The summed E-state index contributed by atoms with van der Waals surface area (Å²) in [6.45, 7) is 10.5. The van der Waals surface area contributed by atoms with Gasteiger partial charge in [0.2, 0.25) is 0 Å². The summed E-state index contributed by atoms with van der Waals surface area (Å²) in [5.74, 6) is 1.52. The molecule has 0 amide bonds. The fourth-order valence-corrected chi connectivity index (χ4v) is 4.89. The van der Waals surface area contributed by atoms with Crippen molar-refractivity contribution in [1.29, 1.82) is 0 Å². The molecule has 4 aromatic carbocycles. The Kier molecular flexibility index (Phi) is 14.2. The minimum atomic E-state index is -0.442. The fourth-order valence-electron chi connectivity index (χ4n) is 4.89. The zero-order valence-electron chi connectivity index (χ0n) is 27.9. The van der Waals surface area contributed by atoms with E-state index in [0.717, 1.165) is 46.6 Å². The number of ether oxygens (including phenoxy) is 5. The van der Waals surface area contributed by atoms with Crippen LogP contribution in [0, 0.1) is 0 Å². The van der Waals surface area contributed by atoms with E-state index in [4.69, 9.17) is 23.7 Å². The highest BCUT2D eigenvalue weighted by Gasteiger charge is 2.16. The number of hydrogen-bond acceptors (Lipinski definition) is 7. The van der Waals surface area contributed by atoms with Crippen LogP contribution < -0.4 is 9.47 Å². The second-order valence-corrected chi connectivity index (χ2v) is 11.3. The predicted octanol–water partition coefficient (Wildman–Crippen LogP) is 8.49. The first-order valence-electron chi connectivity index (χ1n) is 16.5. The maximum Gasteiger partial charge on any atom is 0.191 e. The molecule has 248 valence electrons. The van der Waals surface area contributed by atoms with Gasteiger partial charge in [-0.2, -0.15) is 0 Å². The smallest absolute Gasteiger partial charge is 0.191 e. The van der Waals surface area contributed by atoms with Crippen LogP contribution in [0.2, 0.25) is 0 Å². The van der Waals surface area contributed by atoms with Crippen molar-refractivity contribution in [3.8, 4) is 33.8 Å². The number of benzene rings is 4. The van der Waals surface area contributed by atoms with Gasteiger partial charge in [0.25, 0.3) is 0 Å². The van der Waals surface area contributed by atoms with Gasteiger partial charge in [-0.1, -0.05) is 86.6 Å². The van der Waals surface area contributed by atoms with Crippen LogP contribution in [0.5, 0.6) is 11.5 Å². The first kappa shape index (κ1) is 35.6. The lowest BCUT2D eigenvalue weighted by Crippen LogP contribution is -2.21. The van der Waals surface area contributed by atoms with Crippen molar-refractivity contribution in [3.63, 3.8) is 0 Å². The van der Waals surface area contributed by atoms with Crippen LogP contribution in [0.25, 0.3) is 22.3 Å². The number of rotatable bonds is 20. The highest BCUT2D eigenvalue weighted by molar-refractivity contribution is 6.00. The monoisotopic (exact) mass is 638 g/mol. The maximum atomic E-state index is 12.5. The molecule has 0 aromatic heterocycles. The number of carbonyl (C=O) groups is 2. The summed E-state index contributed by atoms with van der Waals surface area (Å²) in [5.41, 5.74) is 5.44. The molecule has 0 aliphatic carbocycles. The van der Waals surface area contributed by atoms with Crippen LogP contribution in [0.3, 0.4) is 0 Å². The molecule has 0 saturated heterocycles.